The Balaban J connectivity index is 2.60. The topological polar surface area (TPSA) is 61.3 Å². The number of hydrogen-bond donors (Lipinski definition) is 2. The highest BCUT2D eigenvalue weighted by Gasteiger charge is 2.00. The highest BCUT2D eigenvalue weighted by atomic mass is 32.2. The fourth-order valence-electron chi connectivity index (χ4n) is 1.25. The summed E-state index contributed by atoms with van der Waals surface area (Å²) in [7, 11) is 1.54. The third-order valence-corrected chi connectivity index (χ3v) is 3.13. The van der Waals surface area contributed by atoms with Crippen LogP contribution < -0.4 is 11.5 Å². The van der Waals surface area contributed by atoms with Crippen LogP contribution >= 0.6 is 11.8 Å². The summed E-state index contributed by atoms with van der Waals surface area (Å²) in [6.07, 6.45) is 1.68. The van der Waals surface area contributed by atoms with E-state index in [0.717, 1.165) is 5.56 Å². The predicted octanol–water partition coefficient (Wildman–Crippen LogP) is 2.70. The first-order valence-corrected chi connectivity index (χ1v) is 6.36. The van der Waals surface area contributed by atoms with Gasteiger partial charge in [-0.2, -0.15) is 0 Å². The lowest BCUT2D eigenvalue weighted by molar-refractivity contribution is 0.301. The van der Waals surface area contributed by atoms with Crippen molar-refractivity contribution in [1.82, 2.24) is 0 Å². The van der Waals surface area contributed by atoms with Gasteiger partial charge in [0.1, 0.15) is 11.6 Å². The molecule has 1 aromatic carbocycles. The van der Waals surface area contributed by atoms with Crippen LogP contribution in [0.5, 0.6) is 0 Å². The van der Waals surface area contributed by atoms with E-state index in [-0.39, 0.29) is 5.82 Å². The third kappa shape index (κ3) is 4.71. The number of nitrogens with two attached hydrogens (primary N) is 2. The highest BCUT2D eigenvalue weighted by Crippen LogP contribution is 2.19. The normalized spacial score (nSPS) is 13.2. The van der Waals surface area contributed by atoms with Gasteiger partial charge in [0.25, 0.3) is 0 Å². The van der Waals surface area contributed by atoms with Gasteiger partial charge in [-0.05, 0) is 24.6 Å². The van der Waals surface area contributed by atoms with Crippen LogP contribution in [-0.4, -0.2) is 7.11 Å². The van der Waals surface area contributed by atoms with Crippen LogP contribution in [0.15, 0.2) is 46.8 Å². The molecule has 0 aromatic heterocycles. The number of thioether (sulfide) groups is 1. The lowest BCUT2D eigenvalue weighted by atomic mass is 10.2. The molecule has 0 spiro atoms. The molecule has 0 radical (unpaired) electrons. The summed E-state index contributed by atoms with van der Waals surface area (Å²) < 4.78 is 17.8. The lowest BCUT2D eigenvalue weighted by Crippen LogP contribution is -2.01. The molecule has 0 heterocycles. The first kappa shape index (κ1) is 14.4. The summed E-state index contributed by atoms with van der Waals surface area (Å²) in [4.78, 5) is 0. The van der Waals surface area contributed by atoms with Gasteiger partial charge in [-0.3, -0.25) is 0 Å². The van der Waals surface area contributed by atoms with Gasteiger partial charge in [0.15, 0.2) is 0 Å². The number of benzene rings is 1. The van der Waals surface area contributed by atoms with E-state index in [1.165, 1.54) is 23.9 Å². The fourth-order valence-corrected chi connectivity index (χ4v) is 1.97. The molecule has 0 aliphatic heterocycles. The molecule has 5 heteroatoms. The van der Waals surface area contributed by atoms with E-state index < -0.39 is 0 Å². The van der Waals surface area contributed by atoms with Crippen molar-refractivity contribution in [1.29, 1.82) is 0 Å². The van der Waals surface area contributed by atoms with Gasteiger partial charge in [-0.15, -0.1) is 11.8 Å². The van der Waals surface area contributed by atoms with Crippen molar-refractivity contribution in [3.63, 3.8) is 0 Å². The quantitative estimate of drug-likeness (QED) is 0.636. The van der Waals surface area contributed by atoms with E-state index in [9.17, 15) is 4.39 Å². The van der Waals surface area contributed by atoms with E-state index in [4.69, 9.17) is 16.2 Å². The molecule has 0 atom stereocenters. The van der Waals surface area contributed by atoms with Gasteiger partial charge >= 0.3 is 0 Å². The molecular weight excluding hydrogens is 251 g/mol. The minimum atomic E-state index is -0.240. The minimum Gasteiger partial charge on any atom is -0.495 e. The van der Waals surface area contributed by atoms with Crippen LogP contribution in [-0.2, 0) is 10.5 Å². The van der Waals surface area contributed by atoms with Crippen LogP contribution in [0.2, 0.25) is 0 Å². The maximum Gasteiger partial charge on any atom is 0.139 e. The standard InChI is InChI=1S/C13H17FN2OS/c1-9(15)12(17-2)7-13(16)18-8-10-3-5-11(14)6-4-10/h3-7H,8,15-16H2,1-2H3/b12-9+,13-7+. The fraction of sp³-hybridized carbons (Fsp3) is 0.231. The molecule has 0 bridgehead atoms. The first-order chi connectivity index (χ1) is 8.52. The molecule has 98 valence electrons. The minimum absolute atomic E-state index is 0.240. The largest absolute Gasteiger partial charge is 0.495 e. The number of ether oxygens (including phenoxy) is 1. The van der Waals surface area contributed by atoms with Crippen molar-refractivity contribution in [3.8, 4) is 0 Å². The van der Waals surface area contributed by atoms with Gasteiger partial charge in [0.05, 0.1) is 12.1 Å². The van der Waals surface area contributed by atoms with E-state index >= 15 is 0 Å². The Morgan fingerprint density at radius 1 is 1.33 bits per heavy atom. The Labute approximate surface area is 111 Å². The molecule has 0 amide bonds. The number of methoxy groups -OCH3 is 1. The summed E-state index contributed by atoms with van der Waals surface area (Å²) in [6.45, 7) is 1.74. The van der Waals surface area contributed by atoms with Crippen LogP contribution in [0.25, 0.3) is 0 Å². The molecule has 0 aliphatic carbocycles. The molecule has 3 nitrogen and oxygen atoms in total. The molecule has 1 rings (SSSR count). The van der Waals surface area contributed by atoms with Gasteiger partial charge in [0, 0.05) is 17.5 Å². The van der Waals surface area contributed by atoms with Crippen molar-refractivity contribution >= 4 is 11.8 Å². The van der Waals surface area contributed by atoms with Crippen molar-refractivity contribution < 1.29 is 9.13 Å². The summed E-state index contributed by atoms with van der Waals surface area (Å²) in [5.74, 6) is 0.984. The highest BCUT2D eigenvalue weighted by molar-refractivity contribution is 8.02. The van der Waals surface area contributed by atoms with Crippen molar-refractivity contribution in [2.45, 2.75) is 12.7 Å². The zero-order chi connectivity index (χ0) is 13.5. The smallest absolute Gasteiger partial charge is 0.139 e. The Hall–Kier alpha value is -1.62. The molecule has 4 N–H and O–H groups in total. The number of hydrogen-bond acceptors (Lipinski definition) is 4. The average molecular weight is 268 g/mol. The van der Waals surface area contributed by atoms with Gasteiger partial charge in [-0.1, -0.05) is 12.1 Å². The Kier molecular flexibility index (Phi) is 5.58. The number of halogens is 1. The zero-order valence-electron chi connectivity index (χ0n) is 10.4. The molecule has 1 aromatic rings. The third-order valence-electron chi connectivity index (χ3n) is 2.20. The Morgan fingerprint density at radius 3 is 2.44 bits per heavy atom. The summed E-state index contributed by atoms with van der Waals surface area (Å²) in [6, 6.07) is 6.33. The van der Waals surface area contributed by atoms with E-state index in [2.05, 4.69) is 0 Å². The van der Waals surface area contributed by atoms with Gasteiger partial charge in [0.2, 0.25) is 0 Å². The van der Waals surface area contributed by atoms with Crippen LogP contribution in [0.1, 0.15) is 12.5 Å². The second-order valence-corrected chi connectivity index (χ2v) is 4.76. The number of rotatable bonds is 5. The lowest BCUT2D eigenvalue weighted by Gasteiger charge is -2.06. The monoisotopic (exact) mass is 268 g/mol. The molecule has 0 unspecified atom stereocenters. The molecule has 0 saturated heterocycles. The van der Waals surface area contributed by atoms with Crippen LogP contribution in [0.3, 0.4) is 0 Å². The second kappa shape index (κ2) is 6.96. The van der Waals surface area contributed by atoms with Crippen molar-refractivity contribution in [2.75, 3.05) is 7.11 Å². The number of allylic oxidation sites excluding steroid dienone is 2. The molecular formula is C13H17FN2OS. The van der Waals surface area contributed by atoms with Crippen molar-refractivity contribution in [3.05, 3.63) is 58.2 Å². The first-order valence-electron chi connectivity index (χ1n) is 5.37. The zero-order valence-corrected chi connectivity index (χ0v) is 11.3. The Morgan fingerprint density at radius 2 is 1.94 bits per heavy atom. The van der Waals surface area contributed by atoms with E-state index in [1.807, 2.05) is 0 Å². The van der Waals surface area contributed by atoms with Crippen LogP contribution in [0, 0.1) is 5.82 Å². The second-order valence-electron chi connectivity index (χ2n) is 3.71. The van der Waals surface area contributed by atoms with Gasteiger partial charge in [-0.25, -0.2) is 4.39 Å². The summed E-state index contributed by atoms with van der Waals surface area (Å²) >= 11 is 1.44. The molecule has 0 saturated carbocycles. The van der Waals surface area contributed by atoms with E-state index in [0.29, 0.717) is 22.2 Å². The summed E-state index contributed by atoms with van der Waals surface area (Å²) in [5.41, 5.74) is 13.0. The van der Waals surface area contributed by atoms with Crippen LogP contribution in [0.4, 0.5) is 4.39 Å². The average Bonchev–Trinajstić information content (AvgIpc) is 2.35. The molecule has 0 fully saturated rings. The predicted molar refractivity (Wildman–Crippen MR) is 73.9 cm³/mol. The molecule has 0 aliphatic rings. The summed E-state index contributed by atoms with van der Waals surface area (Å²) in [5, 5.41) is 0.598. The van der Waals surface area contributed by atoms with Crippen molar-refractivity contribution in [2.24, 2.45) is 11.5 Å². The Bertz CT molecular complexity index is 451. The van der Waals surface area contributed by atoms with Gasteiger partial charge < -0.3 is 16.2 Å². The SMILES string of the molecule is COC(/C=C(\N)SCc1ccc(F)cc1)=C(\C)N. The van der Waals surface area contributed by atoms with E-state index in [1.54, 1.807) is 32.2 Å². The maximum absolute atomic E-state index is 12.7. The molecule has 18 heavy (non-hydrogen) atoms. The maximum atomic E-state index is 12.7.